The van der Waals surface area contributed by atoms with E-state index in [1.54, 1.807) is 13.0 Å². The first-order chi connectivity index (χ1) is 11.5. The molecule has 0 N–H and O–H groups in total. The molecule has 0 spiro atoms. The minimum absolute atomic E-state index is 0.0856. The van der Waals surface area contributed by atoms with Crippen molar-refractivity contribution < 1.29 is 14.1 Å². The molecular weight excluding hydrogens is 315 g/mol. The molecule has 1 amide bonds. The monoisotopic (exact) mass is 332 g/mol. The number of nitrogens with zero attached hydrogens (tertiary/aromatic N) is 4. The summed E-state index contributed by atoms with van der Waals surface area (Å²) in [5.41, 5.74) is 1.21. The number of hydrogen-bond acceptors (Lipinski definition) is 4. The topological polar surface area (TPSA) is 81.3 Å². The summed E-state index contributed by atoms with van der Waals surface area (Å²) in [4.78, 5) is 28.2. The molecular formula is C16H17FN4O3. The van der Waals surface area contributed by atoms with Crippen LogP contribution in [-0.4, -0.2) is 26.9 Å². The van der Waals surface area contributed by atoms with Crippen LogP contribution in [0.25, 0.3) is 0 Å². The van der Waals surface area contributed by atoms with Crippen molar-refractivity contribution in [1.29, 1.82) is 0 Å². The minimum Gasteiger partial charge on any atom is -0.358 e. The first kappa shape index (κ1) is 16.1. The normalized spacial score (nSPS) is 13.2. The highest BCUT2D eigenvalue weighted by atomic mass is 19.1. The highest BCUT2D eigenvalue weighted by molar-refractivity contribution is 5.95. The molecule has 126 valence electrons. The maximum absolute atomic E-state index is 14.0. The first-order valence-electron chi connectivity index (χ1n) is 7.73. The van der Waals surface area contributed by atoms with Gasteiger partial charge in [-0.2, -0.15) is 0 Å². The van der Waals surface area contributed by atoms with E-state index in [4.69, 9.17) is 0 Å². The zero-order chi connectivity index (χ0) is 17.3. The summed E-state index contributed by atoms with van der Waals surface area (Å²) < 4.78 is 15.4. The average Bonchev–Trinajstić information content (AvgIpc) is 3.12. The maximum atomic E-state index is 14.0. The van der Waals surface area contributed by atoms with Crippen LogP contribution in [0.15, 0.2) is 24.4 Å². The van der Waals surface area contributed by atoms with Crippen molar-refractivity contribution in [2.24, 2.45) is 0 Å². The number of carbonyl (C=O) groups excluding carboxylic acids is 1. The van der Waals surface area contributed by atoms with Crippen LogP contribution in [0.2, 0.25) is 0 Å². The van der Waals surface area contributed by atoms with Crippen LogP contribution in [0.4, 0.5) is 15.9 Å². The van der Waals surface area contributed by atoms with Crippen LogP contribution < -0.4 is 4.90 Å². The molecule has 1 aromatic heterocycles. The Hall–Kier alpha value is -2.77. The van der Waals surface area contributed by atoms with Gasteiger partial charge in [-0.3, -0.25) is 4.79 Å². The van der Waals surface area contributed by atoms with Crippen LogP contribution in [0.3, 0.4) is 0 Å². The summed E-state index contributed by atoms with van der Waals surface area (Å²) in [6, 6.07) is 4.82. The number of para-hydroxylation sites is 1. The quantitative estimate of drug-likeness (QED) is 0.622. The molecule has 1 aliphatic rings. The fraction of sp³-hybridized carbons (Fsp3) is 0.375. The molecule has 0 saturated heterocycles. The van der Waals surface area contributed by atoms with E-state index < -0.39 is 4.92 Å². The third-order valence-corrected chi connectivity index (χ3v) is 4.24. The number of carbonyl (C=O) groups is 1. The van der Waals surface area contributed by atoms with Crippen LogP contribution in [0.5, 0.6) is 0 Å². The smallest absolute Gasteiger partial charge is 0.342 e. The highest BCUT2D eigenvalue weighted by Gasteiger charge is 2.27. The molecule has 2 heterocycles. The van der Waals surface area contributed by atoms with Gasteiger partial charge in [0.15, 0.2) is 5.82 Å². The fourth-order valence-corrected chi connectivity index (χ4v) is 3.06. The minimum atomic E-state index is -0.492. The van der Waals surface area contributed by atoms with E-state index in [-0.39, 0.29) is 24.0 Å². The van der Waals surface area contributed by atoms with E-state index in [9.17, 15) is 19.3 Å². The Kier molecular flexibility index (Phi) is 4.28. The second kappa shape index (κ2) is 6.38. The van der Waals surface area contributed by atoms with Crippen molar-refractivity contribution in [3.63, 3.8) is 0 Å². The van der Waals surface area contributed by atoms with Gasteiger partial charge < -0.3 is 15.0 Å². The number of anilines is 1. The zero-order valence-corrected chi connectivity index (χ0v) is 13.2. The Morgan fingerprint density at radius 1 is 1.46 bits per heavy atom. The molecule has 1 aliphatic heterocycles. The van der Waals surface area contributed by atoms with Gasteiger partial charge in [0.2, 0.25) is 5.91 Å². The Balaban J connectivity index is 1.64. The van der Waals surface area contributed by atoms with E-state index in [0.717, 1.165) is 5.56 Å². The van der Waals surface area contributed by atoms with Gasteiger partial charge in [-0.25, -0.2) is 13.9 Å². The lowest BCUT2D eigenvalue weighted by Crippen LogP contribution is -2.29. The molecule has 7 nitrogen and oxygen atoms in total. The standard InChI is InChI=1S/C16H17FN4O3/c1-11-18-10-14(21(23)24)19(11)8-3-6-15(22)20-9-7-12-4-2-5-13(17)16(12)20/h2,4-5,10H,3,6-9H2,1H3. The van der Waals surface area contributed by atoms with Crippen molar-refractivity contribution in [1.82, 2.24) is 9.55 Å². The summed E-state index contributed by atoms with van der Waals surface area (Å²) in [6.07, 6.45) is 2.48. The predicted octanol–water partition coefficient (Wildman–Crippen LogP) is 2.61. The Morgan fingerprint density at radius 3 is 3.00 bits per heavy atom. The van der Waals surface area contributed by atoms with Gasteiger partial charge in [0.25, 0.3) is 0 Å². The van der Waals surface area contributed by atoms with Crippen LogP contribution in [-0.2, 0) is 17.8 Å². The molecule has 0 unspecified atom stereocenters. The summed E-state index contributed by atoms with van der Waals surface area (Å²) in [7, 11) is 0. The summed E-state index contributed by atoms with van der Waals surface area (Å²) in [5, 5.41) is 10.9. The van der Waals surface area contributed by atoms with Crippen LogP contribution in [0.1, 0.15) is 24.2 Å². The molecule has 2 aromatic rings. The molecule has 24 heavy (non-hydrogen) atoms. The van der Waals surface area contributed by atoms with Gasteiger partial charge in [-0.15, -0.1) is 0 Å². The maximum Gasteiger partial charge on any atom is 0.342 e. The number of aromatic nitrogens is 2. The number of nitro groups is 1. The van der Waals surface area contributed by atoms with Crippen molar-refractivity contribution in [3.05, 3.63) is 51.7 Å². The number of rotatable bonds is 5. The average molecular weight is 332 g/mol. The first-order valence-corrected chi connectivity index (χ1v) is 7.73. The second-order valence-corrected chi connectivity index (χ2v) is 5.72. The molecule has 0 bridgehead atoms. The van der Waals surface area contributed by atoms with Gasteiger partial charge in [0.05, 0.1) is 12.2 Å². The highest BCUT2D eigenvalue weighted by Crippen LogP contribution is 2.31. The van der Waals surface area contributed by atoms with Crippen molar-refractivity contribution >= 4 is 17.4 Å². The molecule has 0 aliphatic carbocycles. The number of imidazole rings is 1. The lowest BCUT2D eigenvalue weighted by atomic mass is 10.1. The van der Waals surface area contributed by atoms with Gasteiger partial charge >= 0.3 is 5.82 Å². The van der Waals surface area contributed by atoms with E-state index in [1.807, 2.05) is 6.07 Å². The number of halogens is 1. The lowest BCUT2D eigenvalue weighted by Gasteiger charge is -2.17. The SMILES string of the molecule is Cc1ncc([N+](=O)[O-])n1CCCC(=O)N1CCc2cccc(F)c21. The number of fused-ring (bicyclic) bond motifs is 1. The Labute approximate surface area is 137 Å². The van der Waals surface area contributed by atoms with Crippen molar-refractivity contribution in [2.45, 2.75) is 32.7 Å². The van der Waals surface area contributed by atoms with E-state index >= 15 is 0 Å². The summed E-state index contributed by atoms with van der Waals surface area (Å²) in [6.45, 7) is 2.48. The van der Waals surface area contributed by atoms with Crippen LogP contribution >= 0.6 is 0 Å². The molecule has 0 atom stereocenters. The largest absolute Gasteiger partial charge is 0.358 e. The molecule has 0 fully saturated rings. The Bertz CT molecular complexity index is 803. The molecule has 1 aromatic carbocycles. The van der Waals surface area contributed by atoms with Gasteiger partial charge in [0.1, 0.15) is 12.0 Å². The van der Waals surface area contributed by atoms with E-state index in [0.29, 0.717) is 37.4 Å². The second-order valence-electron chi connectivity index (χ2n) is 5.72. The fourth-order valence-electron chi connectivity index (χ4n) is 3.06. The molecule has 3 rings (SSSR count). The number of hydrogen-bond donors (Lipinski definition) is 0. The van der Waals surface area contributed by atoms with Crippen LogP contribution in [0, 0.1) is 22.9 Å². The molecule has 0 saturated carbocycles. The van der Waals surface area contributed by atoms with E-state index in [1.165, 1.54) is 21.7 Å². The number of benzene rings is 1. The zero-order valence-electron chi connectivity index (χ0n) is 13.2. The Morgan fingerprint density at radius 2 is 2.25 bits per heavy atom. The molecule has 0 radical (unpaired) electrons. The lowest BCUT2D eigenvalue weighted by molar-refractivity contribution is -0.392. The van der Waals surface area contributed by atoms with Crippen molar-refractivity contribution in [3.8, 4) is 0 Å². The summed E-state index contributed by atoms with van der Waals surface area (Å²) >= 11 is 0. The summed E-state index contributed by atoms with van der Waals surface area (Å²) in [5.74, 6) is -0.108. The van der Waals surface area contributed by atoms with Gasteiger partial charge in [0, 0.05) is 19.9 Å². The molecule has 8 heteroatoms. The third-order valence-electron chi connectivity index (χ3n) is 4.24. The number of amides is 1. The van der Waals surface area contributed by atoms with Gasteiger partial charge in [-0.05, 0) is 29.4 Å². The van der Waals surface area contributed by atoms with Gasteiger partial charge in [-0.1, -0.05) is 12.1 Å². The predicted molar refractivity (Wildman–Crippen MR) is 85.3 cm³/mol. The van der Waals surface area contributed by atoms with Crippen molar-refractivity contribution in [2.75, 3.05) is 11.4 Å². The number of aryl methyl sites for hydroxylation is 1. The third kappa shape index (κ3) is 2.86. The van der Waals surface area contributed by atoms with E-state index in [2.05, 4.69) is 4.98 Å².